The van der Waals surface area contributed by atoms with Crippen molar-refractivity contribution in [2.75, 3.05) is 29.1 Å². The van der Waals surface area contributed by atoms with Crippen molar-refractivity contribution in [1.82, 2.24) is 0 Å². The molecule has 0 saturated heterocycles. The number of anilines is 1. The topological polar surface area (TPSA) is 37.4 Å². The Balaban J connectivity index is 3.13. The van der Waals surface area contributed by atoms with Crippen LogP contribution in [0.15, 0.2) is 29.2 Å². The van der Waals surface area contributed by atoms with Crippen LogP contribution >= 0.6 is 15.9 Å². The van der Waals surface area contributed by atoms with Crippen molar-refractivity contribution in [2.24, 2.45) is 0 Å². The molecular formula is C14H22BrNO2S. The van der Waals surface area contributed by atoms with E-state index >= 15 is 0 Å². The van der Waals surface area contributed by atoms with Crippen LogP contribution in [-0.4, -0.2) is 32.6 Å². The quantitative estimate of drug-likeness (QED) is 0.675. The third-order valence-corrected chi connectivity index (χ3v) is 5.48. The molecule has 0 amide bonds. The Kier molecular flexibility index (Phi) is 6.86. The Hall–Kier alpha value is -0.550. The molecule has 1 aromatic carbocycles. The van der Waals surface area contributed by atoms with E-state index in [4.69, 9.17) is 0 Å². The molecule has 0 bridgehead atoms. The summed E-state index contributed by atoms with van der Waals surface area (Å²) in [5, 5.41) is 0.924. The summed E-state index contributed by atoms with van der Waals surface area (Å²) < 4.78 is 24.6. The van der Waals surface area contributed by atoms with Crippen molar-refractivity contribution < 1.29 is 8.42 Å². The molecule has 0 fully saturated rings. The molecule has 19 heavy (non-hydrogen) atoms. The lowest BCUT2D eigenvalue weighted by Crippen LogP contribution is -2.26. The highest BCUT2D eigenvalue weighted by atomic mass is 79.9. The van der Waals surface area contributed by atoms with Crippen LogP contribution in [-0.2, 0) is 9.84 Å². The van der Waals surface area contributed by atoms with Gasteiger partial charge in [-0.25, -0.2) is 8.42 Å². The highest BCUT2D eigenvalue weighted by Gasteiger charge is 2.19. The maximum Gasteiger partial charge on any atom is 0.180 e. The van der Waals surface area contributed by atoms with Crippen molar-refractivity contribution in [3.8, 4) is 0 Å². The summed E-state index contributed by atoms with van der Waals surface area (Å²) in [6.45, 7) is 5.62. The van der Waals surface area contributed by atoms with Crippen molar-refractivity contribution in [3.63, 3.8) is 0 Å². The van der Waals surface area contributed by atoms with E-state index in [0.717, 1.165) is 30.5 Å². The van der Waals surface area contributed by atoms with Crippen LogP contribution < -0.4 is 4.90 Å². The number of sulfone groups is 1. The number of alkyl halides is 1. The van der Waals surface area contributed by atoms with E-state index in [1.54, 1.807) is 12.1 Å². The average Bonchev–Trinajstić information content (AvgIpc) is 2.40. The van der Waals surface area contributed by atoms with E-state index in [-0.39, 0.29) is 5.75 Å². The van der Waals surface area contributed by atoms with Gasteiger partial charge in [-0.05, 0) is 31.9 Å². The van der Waals surface area contributed by atoms with Crippen molar-refractivity contribution in [2.45, 2.75) is 31.6 Å². The Labute approximate surface area is 125 Å². The zero-order valence-electron chi connectivity index (χ0n) is 11.6. The van der Waals surface area contributed by atoms with Crippen molar-refractivity contribution in [1.29, 1.82) is 0 Å². The highest BCUT2D eigenvalue weighted by Crippen LogP contribution is 2.26. The predicted octanol–water partition coefficient (Wildman–Crippen LogP) is 3.48. The Morgan fingerprint density at radius 2 is 1.89 bits per heavy atom. The van der Waals surface area contributed by atoms with E-state index in [9.17, 15) is 8.42 Å². The number of hydrogen-bond donors (Lipinski definition) is 0. The van der Waals surface area contributed by atoms with Gasteiger partial charge < -0.3 is 4.90 Å². The van der Waals surface area contributed by atoms with Crippen LogP contribution in [0.2, 0.25) is 0 Å². The minimum atomic E-state index is -3.17. The fraction of sp³-hybridized carbons (Fsp3) is 0.571. The first kappa shape index (κ1) is 16.5. The van der Waals surface area contributed by atoms with Gasteiger partial charge in [0.2, 0.25) is 0 Å². The van der Waals surface area contributed by atoms with Gasteiger partial charge in [0.15, 0.2) is 9.84 Å². The van der Waals surface area contributed by atoms with E-state index in [0.29, 0.717) is 11.3 Å². The zero-order valence-corrected chi connectivity index (χ0v) is 14.0. The average molecular weight is 348 g/mol. The first-order valence-electron chi connectivity index (χ1n) is 6.69. The predicted molar refractivity (Wildman–Crippen MR) is 85.1 cm³/mol. The molecule has 3 nitrogen and oxygen atoms in total. The second-order valence-electron chi connectivity index (χ2n) is 4.41. The van der Waals surface area contributed by atoms with Gasteiger partial charge in [0.25, 0.3) is 0 Å². The minimum Gasteiger partial charge on any atom is -0.371 e. The Morgan fingerprint density at radius 3 is 2.47 bits per heavy atom. The van der Waals surface area contributed by atoms with E-state index < -0.39 is 9.84 Å². The fourth-order valence-electron chi connectivity index (χ4n) is 2.06. The Bertz CT molecular complexity index is 488. The number of benzene rings is 1. The van der Waals surface area contributed by atoms with E-state index in [1.807, 2.05) is 19.1 Å². The van der Waals surface area contributed by atoms with Crippen LogP contribution in [0.5, 0.6) is 0 Å². The molecule has 0 aliphatic carbocycles. The second kappa shape index (κ2) is 7.90. The summed E-state index contributed by atoms with van der Waals surface area (Å²) in [7, 11) is -3.17. The number of para-hydroxylation sites is 1. The monoisotopic (exact) mass is 347 g/mol. The van der Waals surface area contributed by atoms with Gasteiger partial charge in [-0.2, -0.15) is 0 Å². The Morgan fingerprint density at radius 1 is 1.21 bits per heavy atom. The number of nitrogens with zero attached hydrogens (tertiary/aromatic N) is 1. The van der Waals surface area contributed by atoms with Gasteiger partial charge >= 0.3 is 0 Å². The van der Waals surface area contributed by atoms with Gasteiger partial charge in [0.05, 0.1) is 16.3 Å². The largest absolute Gasteiger partial charge is 0.371 e. The number of halogens is 1. The van der Waals surface area contributed by atoms with E-state index in [2.05, 4.69) is 27.8 Å². The molecule has 0 spiro atoms. The van der Waals surface area contributed by atoms with Crippen LogP contribution in [0.3, 0.4) is 0 Å². The first-order chi connectivity index (χ1) is 9.06. The molecule has 0 radical (unpaired) electrons. The zero-order chi connectivity index (χ0) is 14.3. The molecule has 0 aromatic heterocycles. The maximum atomic E-state index is 12.3. The first-order valence-corrected chi connectivity index (χ1v) is 9.46. The third kappa shape index (κ3) is 4.49. The van der Waals surface area contributed by atoms with E-state index in [1.165, 1.54) is 0 Å². The van der Waals surface area contributed by atoms with Gasteiger partial charge in [-0.3, -0.25) is 0 Å². The van der Waals surface area contributed by atoms with Crippen molar-refractivity contribution >= 4 is 31.5 Å². The highest BCUT2D eigenvalue weighted by molar-refractivity contribution is 9.09. The van der Waals surface area contributed by atoms with Crippen LogP contribution in [0.25, 0.3) is 0 Å². The number of rotatable bonds is 8. The summed E-state index contributed by atoms with van der Waals surface area (Å²) in [6.07, 6.45) is 1.64. The van der Waals surface area contributed by atoms with Crippen LogP contribution in [0.1, 0.15) is 26.7 Å². The number of hydrogen-bond acceptors (Lipinski definition) is 3. The van der Waals surface area contributed by atoms with Gasteiger partial charge in [-0.15, -0.1) is 0 Å². The van der Waals surface area contributed by atoms with Gasteiger partial charge in [0, 0.05) is 18.4 Å². The molecule has 0 N–H and O–H groups in total. The molecule has 5 heteroatoms. The molecule has 0 aliphatic heterocycles. The summed E-state index contributed by atoms with van der Waals surface area (Å²) in [6, 6.07) is 7.32. The lowest BCUT2D eigenvalue weighted by atomic mass is 10.2. The smallest absolute Gasteiger partial charge is 0.180 e. The minimum absolute atomic E-state index is 0.208. The molecule has 0 atom stereocenters. The second-order valence-corrected chi connectivity index (χ2v) is 7.28. The molecule has 1 rings (SSSR count). The van der Waals surface area contributed by atoms with Crippen LogP contribution in [0.4, 0.5) is 5.69 Å². The fourth-order valence-corrected chi connectivity index (χ4v) is 3.87. The molecule has 1 aromatic rings. The third-order valence-electron chi connectivity index (χ3n) is 2.96. The summed E-state index contributed by atoms with van der Waals surface area (Å²) >= 11 is 3.42. The summed E-state index contributed by atoms with van der Waals surface area (Å²) in [4.78, 5) is 2.59. The van der Waals surface area contributed by atoms with Crippen LogP contribution in [0, 0.1) is 0 Å². The summed E-state index contributed by atoms with van der Waals surface area (Å²) in [5.74, 6) is 0.208. The normalized spacial score (nSPS) is 11.5. The maximum absolute atomic E-state index is 12.3. The standard InChI is InChI=1S/C14H22BrNO2S/c1-3-12-19(17,18)14-9-6-5-8-13(14)16(4-2)11-7-10-15/h5-6,8-9H,3-4,7,10-12H2,1-2H3. The van der Waals surface area contributed by atoms with Crippen molar-refractivity contribution in [3.05, 3.63) is 24.3 Å². The molecular weight excluding hydrogens is 326 g/mol. The molecule has 0 unspecified atom stereocenters. The molecule has 108 valence electrons. The van der Waals surface area contributed by atoms with Gasteiger partial charge in [0.1, 0.15) is 0 Å². The molecule has 0 saturated carbocycles. The van der Waals surface area contributed by atoms with Gasteiger partial charge in [-0.1, -0.05) is 35.0 Å². The molecule has 0 heterocycles. The lowest BCUT2D eigenvalue weighted by Gasteiger charge is -2.25. The summed E-state index contributed by atoms with van der Waals surface area (Å²) in [5.41, 5.74) is 0.833. The molecule has 0 aliphatic rings. The SMILES string of the molecule is CCCS(=O)(=O)c1ccccc1N(CC)CCCBr. The lowest BCUT2D eigenvalue weighted by molar-refractivity contribution is 0.594.